The Bertz CT molecular complexity index is 803. The zero-order chi connectivity index (χ0) is 17.1. The van der Waals surface area contributed by atoms with Crippen LogP contribution in [0.4, 0.5) is 0 Å². The number of nitrogens with one attached hydrogen (secondary N) is 2. The van der Waals surface area contributed by atoms with E-state index in [1.807, 2.05) is 19.1 Å². The fourth-order valence-electron chi connectivity index (χ4n) is 3.24. The third kappa shape index (κ3) is 3.67. The summed E-state index contributed by atoms with van der Waals surface area (Å²) in [5.74, 6) is 2.04. The number of benzene rings is 1. The van der Waals surface area contributed by atoms with Gasteiger partial charge >= 0.3 is 0 Å². The SMILES string of the molecule is Cc1[nH]c2ccccc2c1-c1noc(CCNC(C)CC(C)C)n1. The van der Waals surface area contributed by atoms with Crippen molar-refractivity contribution in [1.29, 1.82) is 0 Å². The van der Waals surface area contributed by atoms with Gasteiger partial charge in [0, 0.05) is 35.6 Å². The maximum absolute atomic E-state index is 5.44. The molecule has 0 spiro atoms. The highest BCUT2D eigenvalue weighted by Gasteiger charge is 2.16. The van der Waals surface area contributed by atoms with Crippen LogP contribution in [0.2, 0.25) is 0 Å². The van der Waals surface area contributed by atoms with Crippen LogP contribution < -0.4 is 5.32 Å². The number of aromatic nitrogens is 3. The minimum atomic E-state index is 0.503. The van der Waals surface area contributed by atoms with Crippen molar-refractivity contribution in [2.75, 3.05) is 6.54 Å². The van der Waals surface area contributed by atoms with Crippen LogP contribution in [0.5, 0.6) is 0 Å². The number of aryl methyl sites for hydroxylation is 1. The third-order valence-corrected chi connectivity index (χ3v) is 4.24. The molecule has 0 aliphatic rings. The largest absolute Gasteiger partial charge is 0.358 e. The second-order valence-electron chi connectivity index (χ2n) is 6.92. The lowest BCUT2D eigenvalue weighted by molar-refractivity contribution is 0.369. The molecule has 0 aliphatic heterocycles. The van der Waals surface area contributed by atoms with Crippen LogP contribution in [0.15, 0.2) is 28.8 Å². The van der Waals surface area contributed by atoms with Gasteiger partial charge in [-0.3, -0.25) is 0 Å². The predicted molar refractivity (Wildman–Crippen MR) is 97.0 cm³/mol. The van der Waals surface area contributed by atoms with E-state index in [0.717, 1.165) is 35.1 Å². The quantitative estimate of drug-likeness (QED) is 0.686. The van der Waals surface area contributed by atoms with Crippen molar-refractivity contribution in [2.45, 2.75) is 46.6 Å². The molecule has 128 valence electrons. The van der Waals surface area contributed by atoms with Crippen LogP contribution in [0.3, 0.4) is 0 Å². The minimum absolute atomic E-state index is 0.503. The summed E-state index contributed by atoms with van der Waals surface area (Å²) in [5, 5.41) is 8.83. The van der Waals surface area contributed by atoms with Gasteiger partial charge in [0.25, 0.3) is 0 Å². The molecular formula is C19H26N4O. The molecule has 5 nitrogen and oxygen atoms in total. The molecule has 1 atom stereocenters. The molecule has 1 unspecified atom stereocenters. The molecule has 0 radical (unpaired) electrons. The van der Waals surface area contributed by atoms with Gasteiger partial charge in [-0.1, -0.05) is 37.2 Å². The normalized spacial score (nSPS) is 13.0. The highest BCUT2D eigenvalue weighted by atomic mass is 16.5. The van der Waals surface area contributed by atoms with E-state index in [-0.39, 0.29) is 0 Å². The average Bonchev–Trinajstić information content (AvgIpc) is 3.09. The van der Waals surface area contributed by atoms with Crippen LogP contribution in [0, 0.1) is 12.8 Å². The van der Waals surface area contributed by atoms with Crippen LogP contribution in [-0.2, 0) is 6.42 Å². The molecule has 2 heterocycles. The van der Waals surface area contributed by atoms with Crippen molar-refractivity contribution in [3.05, 3.63) is 35.9 Å². The molecular weight excluding hydrogens is 300 g/mol. The van der Waals surface area contributed by atoms with E-state index < -0.39 is 0 Å². The summed E-state index contributed by atoms with van der Waals surface area (Å²) in [7, 11) is 0. The maximum atomic E-state index is 5.44. The van der Waals surface area contributed by atoms with Gasteiger partial charge in [-0.25, -0.2) is 0 Å². The van der Waals surface area contributed by atoms with Crippen LogP contribution in [0.25, 0.3) is 22.3 Å². The van der Waals surface area contributed by atoms with Crippen molar-refractivity contribution >= 4 is 10.9 Å². The van der Waals surface area contributed by atoms with E-state index in [9.17, 15) is 0 Å². The molecule has 0 fully saturated rings. The first-order chi connectivity index (χ1) is 11.5. The predicted octanol–water partition coefficient (Wildman–Crippen LogP) is 4.09. The Labute approximate surface area is 142 Å². The Balaban J connectivity index is 1.68. The number of H-pyrrole nitrogens is 1. The van der Waals surface area contributed by atoms with E-state index >= 15 is 0 Å². The fraction of sp³-hybridized carbons (Fsp3) is 0.474. The van der Waals surface area contributed by atoms with Crippen LogP contribution in [-0.4, -0.2) is 27.7 Å². The lowest BCUT2D eigenvalue weighted by Gasteiger charge is -2.14. The summed E-state index contributed by atoms with van der Waals surface area (Å²) >= 11 is 0. The van der Waals surface area contributed by atoms with E-state index in [2.05, 4.69) is 53.3 Å². The highest BCUT2D eigenvalue weighted by Crippen LogP contribution is 2.29. The van der Waals surface area contributed by atoms with Crippen molar-refractivity contribution in [3.63, 3.8) is 0 Å². The Morgan fingerprint density at radius 3 is 2.79 bits per heavy atom. The smallest absolute Gasteiger partial charge is 0.228 e. The van der Waals surface area contributed by atoms with Crippen LogP contribution in [0.1, 0.15) is 38.8 Å². The van der Waals surface area contributed by atoms with Crippen molar-refractivity contribution < 1.29 is 4.52 Å². The zero-order valence-electron chi connectivity index (χ0n) is 14.9. The lowest BCUT2D eigenvalue weighted by atomic mass is 10.1. The molecule has 0 saturated carbocycles. The van der Waals surface area contributed by atoms with E-state index in [0.29, 0.717) is 23.7 Å². The molecule has 24 heavy (non-hydrogen) atoms. The first-order valence-corrected chi connectivity index (χ1v) is 8.68. The summed E-state index contributed by atoms with van der Waals surface area (Å²) < 4.78 is 5.44. The number of hydrogen-bond acceptors (Lipinski definition) is 4. The molecule has 0 amide bonds. The van der Waals surface area contributed by atoms with Gasteiger partial charge in [-0.15, -0.1) is 0 Å². The Morgan fingerprint density at radius 1 is 1.21 bits per heavy atom. The van der Waals surface area contributed by atoms with Gasteiger partial charge < -0.3 is 14.8 Å². The summed E-state index contributed by atoms with van der Waals surface area (Å²) in [4.78, 5) is 7.96. The van der Waals surface area contributed by atoms with Gasteiger partial charge in [0.05, 0.1) is 5.56 Å². The van der Waals surface area contributed by atoms with Gasteiger partial charge in [-0.2, -0.15) is 4.98 Å². The molecule has 3 aromatic rings. The summed E-state index contributed by atoms with van der Waals surface area (Å²) in [6, 6.07) is 8.70. The van der Waals surface area contributed by atoms with Gasteiger partial charge in [0.2, 0.25) is 11.7 Å². The summed E-state index contributed by atoms with van der Waals surface area (Å²) in [5.41, 5.74) is 3.19. The number of hydrogen-bond donors (Lipinski definition) is 2. The summed E-state index contributed by atoms with van der Waals surface area (Å²) in [6.07, 6.45) is 1.92. The van der Waals surface area contributed by atoms with Gasteiger partial charge in [0.15, 0.2) is 0 Å². The van der Waals surface area contributed by atoms with Crippen molar-refractivity contribution in [1.82, 2.24) is 20.4 Å². The number of fused-ring (bicyclic) bond motifs is 1. The molecule has 0 bridgehead atoms. The third-order valence-electron chi connectivity index (χ3n) is 4.24. The lowest BCUT2D eigenvalue weighted by Crippen LogP contribution is -2.29. The van der Waals surface area contributed by atoms with Crippen molar-refractivity contribution in [2.24, 2.45) is 5.92 Å². The van der Waals surface area contributed by atoms with E-state index in [1.165, 1.54) is 6.42 Å². The standard InChI is InChI=1S/C19H26N4O/c1-12(2)11-13(3)20-10-9-17-22-19(23-24-17)18-14(4)21-16-8-6-5-7-15(16)18/h5-8,12-13,20-21H,9-11H2,1-4H3. The Kier molecular flexibility index (Phi) is 5.00. The van der Waals surface area contributed by atoms with E-state index in [1.54, 1.807) is 0 Å². The molecule has 0 saturated heterocycles. The number of rotatable bonds is 7. The van der Waals surface area contributed by atoms with Gasteiger partial charge in [-0.05, 0) is 32.3 Å². The monoisotopic (exact) mass is 326 g/mol. The zero-order valence-corrected chi connectivity index (χ0v) is 14.9. The number of aromatic amines is 1. The molecule has 0 aliphatic carbocycles. The number of para-hydroxylation sites is 1. The second-order valence-corrected chi connectivity index (χ2v) is 6.92. The molecule has 2 N–H and O–H groups in total. The Hall–Kier alpha value is -2.14. The molecule has 3 rings (SSSR count). The topological polar surface area (TPSA) is 66.7 Å². The minimum Gasteiger partial charge on any atom is -0.358 e. The molecule has 2 aromatic heterocycles. The fourth-order valence-corrected chi connectivity index (χ4v) is 3.24. The first kappa shape index (κ1) is 16.7. The average molecular weight is 326 g/mol. The van der Waals surface area contributed by atoms with Crippen LogP contribution >= 0.6 is 0 Å². The molecule has 5 heteroatoms. The maximum Gasteiger partial charge on any atom is 0.228 e. The summed E-state index contributed by atoms with van der Waals surface area (Å²) in [6.45, 7) is 9.59. The van der Waals surface area contributed by atoms with E-state index in [4.69, 9.17) is 4.52 Å². The first-order valence-electron chi connectivity index (χ1n) is 8.68. The number of nitrogens with zero attached hydrogens (tertiary/aromatic N) is 2. The highest BCUT2D eigenvalue weighted by molar-refractivity contribution is 5.95. The van der Waals surface area contributed by atoms with Crippen molar-refractivity contribution in [3.8, 4) is 11.4 Å². The Morgan fingerprint density at radius 2 is 2.00 bits per heavy atom. The van der Waals surface area contributed by atoms with Gasteiger partial charge in [0.1, 0.15) is 0 Å². The second kappa shape index (κ2) is 7.18. The molecule has 1 aromatic carbocycles.